The fraction of sp³-hybridized carbons (Fsp3) is 0.250. The van der Waals surface area contributed by atoms with E-state index in [1.165, 1.54) is 21.5 Å². The molecule has 1 aliphatic heterocycles. The number of thiophene rings is 1. The number of hydrogen-bond acceptors (Lipinski definition) is 7. The third kappa shape index (κ3) is 3.47. The first-order valence-electron chi connectivity index (χ1n) is 12.6. The van der Waals surface area contributed by atoms with E-state index in [0.717, 1.165) is 52.7 Å². The summed E-state index contributed by atoms with van der Waals surface area (Å²) in [5, 5.41) is 10.3. The van der Waals surface area contributed by atoms with Gasteiger partial charge >= 0.3 is 0 Å². The Morgan fingerprint density at radius 1 is 0.921 bits per heavy atom. The lowest BCUT2D eigenvalue weighted by Gasteiger charge is -2.13. The first-order valence-corrected chi connectivity index (χ1v) is 14.4. The highest BCUT2D eigenvalue weighted by molar-refractivity contribution is 7.99. The van der Waals surface area contributed by atoms with Crippen LogP contribution in [0.25, 0.3) is 21.7 Å². The molecule has 0 unspecified atom stereocenters. The molecule has 2 aliphatic rings. The second kappa shape index (κ2) is 8.92. The maximum Gasteiger partial charge on any atom is 0.268 e. The largest absolute Gasteiger partial charge is 0.273 e. The molecule has 4 heterocycles. The zero-order chi connectivity index (χ0) is 26.0. The first-order chi connectivity index (χ1) is 18.5. The predicted octanol–water partition coefficient (Wildman–Crippen LogP) is 4.67. The smallest absolute Gasteiger partial charge is 0.268 e. The van der Waals surface area contributed by atoms with Gasteiger partial charge in [-0.3, -0.25) is 19.3 Å². The second-order valence-electron chi connectivity index (χ2n) is 9.64. The van der Waals surface area contributed by atoms with Crippen molar-refractivity contribution in [1.29, 1.82) is 0 Å². The molecule has 38 heavy (non-hydrogen) atoms. The molecular formula is C28H23N5O3S2. The summed E-state index contributed by atoms with van der Waals surface area (Å²) in [5.74, 6) is 0.397. The Morgan fingerprint density at radius 2 is 1.63 bits per heavy atom. The Balaban J connectivity index is 1.30. The minimum Gasteiger partial charge on any atom is -0.273 e. The van der Waals surface area contributed by atoms with Crippen molar-refractivity contribution in [3.05, 3.63) is 86.0 Å². The van der Waals surface area contributed by atoms with Gasteiger partial charge in [-0.2, -0.15) is 0 Å². The zero-order valence-electron chi connectivity index (χ0n) is 20.6. The van der Waals surface area contributed by atoms with E-state index in [2.05, 4.69) is 10.2 Å². The van der Waals surface area contributed by atoms with Crippen LogP contribution in [0.2, 0.25) is 0 Å². The van der Waals surface area contributed by atoms with E-state index < -0.39 is 0 Å². The van der Waals surface area contributed by atoms with E-state index in [1.54, 1.807) is 40.2 Å². The summed E-state index contributed by atoms with van der Waals surface area (Å²) >= 11 is 3.09. The van der Waals surface area contributed by atoms with Gasteiger partial charge in [-0.25, -0.2) is 8.97 Å². The van der Waals surface area contributed by atoms with Crippen LogP contribution >= 0.6 is 23.1 Å². The van der Waals surface area contributed by atoms with Crippen LogP contribution in [0.5, 0.6) is 0 Å². The molecule has 8 nitrogen and oxygen atoms in total. The number of amides is 2. The normalized spacial score (nSPS) is 15.0. The molecule has 1 aliphatic carbocycles. The lowest BCUT2D eigenvalue weighted by molar-refractivity contribution is 0.0664. The number of thioether (sulfide) groups is 1. The number of carbonyl (C=O) groups is 2. The average Bonchev–Trinajstić information content (AvgIpc) is 3.59. The summed E-state index contributed by atoms with van der Waals surface area (Å²) in [7, 11) is 0. The van der Waals surface area contributed by atoms with Gasteiger partial charge in [0.15, 0.2) is 5.16 Å². The number of nitrogens with zero attached hydrogens (tertiary/aromatic N) is 5. The maximum absolute atomic E-state index is 13.9. The summed E-state index contributed by atoms with van der Waals surface area (Å²) in [6, 6.07) is 14.8. The third-order valence-corrected chi connectivity index (χ3v) is 9.49. The van der Waals surface area contributed by atoms with Gasteiger partial charge in [0.2, 0.25) is 5.78 Å². The highest BCUT2D eigenvalue weighted by Gasteiger charge is 2.35. The van der Waals surface area contributed by atoms with E-state index in [9.17, 15) is 14.4 Å². The number of fused-ring (bicyclic) bond motifs is 6. The predicted molar refractivity (Wildman–Crippen MR) is 148 cm³/mol. The van der Waals surface area contributed by atoms with Crippen molar-refractivity contribution in [3.8, 4) is 5.69 Å². The lowest BCUT2D eigenvalue weighted by Crippen LogP contribution is -2.31. The molecule has 0 radical (unpaired) electrons. The molecule has 2 amide bonds. The molecule has 0 saturated heterocycles. The Bertz CT molecular complexity index is 1800. The average molecular weight is 542 g/mol. The lowest BCUT2D eigenvalue weighted by atomic mass is 9.97. The summed E-state index contributed by atoms with van der Waals surface area (Å²) in [4.78, 5) is 42.9. The van der Waals surface area contributed by atoms with Crippen molar-refractivity contribution >= 4 is 50.9 Å². The number of aromatic nitrogens is 4. The number of hydrogen-bond donors (Lipinski definition) is 0. The van der Waals surface area contributed by atoms with Gasteiger partial charge < -0.3 is 0 Å². The molecule has 10 heteroatoms. The van der Waals surface area contributed by atoms with Crippen molar-refractivity contribution in [1.82, 2.24) is 24.1 Å². The zero-order valence-corrected chi connectivity index (χ0v) is 22.3. The molecule has 0 fully saturated rings. The van der Waals surface area contributed by atoms with E-state index >= 15 is 0 Å². The molecule has 0 saturated carbocycles. The molecule has 190 valence electrons. The van der Waals surface area contributed by atoms with Crippen molar-refractivity contribution < 1.29 is 9.59 Å². The fourth-order valence-corrected chi connectivity index (χ4v) is 7.70. The number of imide groups is 1. The van der Waals surface area contributed by atoms with Crippen LogP contribution in [0.1, 0.15) is 49.6 Å². The summed E-state index contributed by atoms with van der Waals surface area (Å²) < 4.78 is 3.64. The van der Waals surface area contributed by atoms with Gasteiger partial charge in [-0.05, 0) is 62.4 Å². The maximum atomic E-state index is 13.9. The van der Waals surface area contributed by atoms with Crippen LogP contribution in [0, 0.1) is 6.92 Å². The number of carbonyl (C=O) groups excluding carboxylic acids is 2. The van der Waals surface area contributed by atoms with Crippen LogP contribution < -0.4 is 5.56 Å². The van der Waals surface area contributed by atoms with Crippen LogP contribution in [0.4, 0.5) is 0 Å². The molecular weight excluding hydrogens is 518 g/mol. The van der Waals surface area contributed by atoms with Crippen LogP contribution in [0.15, 0.2) is 58.5 Å². The van der Waals surface area contributed by atoms with E-state index in [1.807, 2.05) is 35.6 Å². The number of aryl methyl sites for hydroxylation is 3. The van der Waals surface area contributed by atoms with Crippen molar-refractivity contribution in [2.75, 3.05) is 12.3 Å². The Hall–Kier alpha value is -3.76. The molecule has 2 aromatic carbocycles. The van der Waals surface area contributed by atoms with E-state index in [0.29, 0.717) is 27.8 Å². The van der Waals surface area contributed by atoms with Crippen LogP contribution in [-0.2, 0) is 12.8 Å². The molecule has 0 N–H and O–H groups in total. The first kappa shape index (κ1) is 23.4. The second-order valence-corrected chi connectivity index (χ2v) is 11.8. The van der Waals surface area contributed by atoms with Crippen LogP contribution in [0.3, 0.4) is 0 Å². The fourth-order valence-electron chi connectivity index (χ4n) is 5.41. The van der Waals surface area contributed by atoms with Gasteiger partial charge in [0, 0.05) is 17.2 Å². The minimum absolute atomic E-state index is 0.0641. The standard InChI is InChI=1S/C28H23N5O3S2/c1-16-10-12-17(13-11-16)32-25(36)22-20-8-4-5-9-21(20)38-26(22)33-27(32)29-30-28(33)37-15-14-31-23(34)18-6-2-3-7-19(18)24(31)35/h2-3,6-7,10-13H,4-5,8-9,14-15H2,1H3. The molecule has 0 atom stereocenters. The molecule has 5 aromatic rings. The highest BCUT2D eigenvalue weighted by Crippen LogP contribution is 2.37. The van der Waals surface area contributed by atoms with Gasteiger partial charge in [-0.15, -0.1) is 21.5 Å². The van der Waals surface area contributed by atoms with Gasteiger partial charge in [0.1, 0.15) is 4.83 Å². The molecule has 0 spiro atoms. The van der Waals surface area contributed by atoms with Gasteiger partial charge in [0.25, 0.3) is 17.4 Å². The van der Waals surface area contributed by atoms with Gasteiger partial charge in [0.05, 0.1) is 22.2 Å². The number of benzene rings is 2. The number of rotatable bonds is 5. The molecule has 7 rings (SSSR count). The van der Waals surface area contributed by atoms with E-state index in [-0.39, 0.29) is 23.9 Å². The highest BCUT2D eigenvalue weighted by atomic mass is 32.2. The monoisotopic (exact) mass is 541 g/mol. The van der Waals surface area contributed by atoms with Crippen molar-refractivity contribution in [2.24, 2.45) is 0 Å². The molecule has 0 bridgehead atoms. The van der Waals surface area contributed by atoms with Gasteiger partial charge in [-0.1, -0.05) is 41.6 Å². The quantitative estimate of drug-likeness (QED) is 0.237. The summed E-state index contributed by atoms with van der Waals surface area (Å²) in [5.41, 5.74) is 3.84. The SMILES string of the molecule is Cc1ccc(-n2c(=O)c3c4c(sc3n3c(SCCN5C(=O)c6ccccc6C5=O)nnc23)CCCC4)cc1. The Kier molecular flexibility index (Phi) is 5.48. The topological polar surface area (TPSA) is 89.6 Å². The van der Waals surface area contributed by atoms with Crippen LogP contribution in [-0.4, -0.2) is 48.2 Å². The van der Waals surface area contributed by atoms with E-state index in [4.69, 9.17) is 0 Å². The third-order valence-electron chi connectivity index (χ3n) is 7.31. The summed E-state index contributed by atoms with van der Waals surface area (Å²) in [6.45, 7) is 2.27. The van der Waals surface area contributed by atoms with Crippen molar-refractivity contribution in [2.45, 2.75) is 37.8 Å². The van der Waals surface area contributed by atoms with Crippen molar-refractivity contribution in [3.63, 3.8) is 0 Å². The minimum atomic E-state index is -0.265. The molecule has 3 aromatic heterocycles. The Labute approximate surface area is 225 Å². The summed E-state index contributed by atoms with van der Waals surface area (Å²) in [6.07, 6.45) is 4.07. The Morgan fingerprint density at radius 3 is 2.37 bits per heavy atom.